The number of nitrogens with one attached hydrogen (secondary N) is 2. The second-order valence-electron chi connectivity index (χ2n) is 6.35. The van der Waals surface area contributed by atoms with Gasteiger partial charge in [0.2, 0.25) is 10.0 Å². The van der Waals surface area contributed by atoms with Gasteiger partial charge in [-0.1, -0.05) is 25.7 Å². The molecule has 1 heterocycles. The van der Waals surface area contributed by atoms with Gasteiger partial charge in [0.05, 0.1) is 4.90 Å². The maximum absolute atomic E-state index is 12.4. The summed E-state index contributed by atoms with van der Waals surface area (Å²) in [5.74, 6) is 1.08. The minimum Gasteiger partial charge on any atom is -0.486 e. The van der Waals surface area contributed by atoms with Gasteiger partial charge in [0.15, 0.2) is 11.5 Å². The largest absolute Gasteiger partial charge is 0.486 e. The highest BCUT2D eigenvalue weighted by molar-refractivity contribution is 7.89. The first-order valence-corrected chi connectivity index (χ1v) is 10.3. The number of ether oxygens (including phenoxy) is 2. The fraction of sp³-hybridized carbons (Fsp3) is 0.647. The molecule has 0 atom stereocenters. The first kappa shape index (κ1) is 17.5. The van der Waals surface area contributed by atoms with Gasteiger partial charge in [-0.15, -0.1) is 0 Å². The Morgan fingerprint density at radius 2 is 1.67 bits per heavy atom. The fourth-order valence-electron chi connectivity index (χ4n) is 3.22. The van der Waals surface area contributed by atoms with Crippen LogP contribution in [0.4, 0.5) is 0 Å². The molecule has 1 aliphatic carbocycles. The molecule has 134 valence electrons. The zero-order valence-corrected chi connectivity index (χ0v) is 14.7. The lowest BCUT2D eigenvalue weighted by Gasteiger charge is -2.19. The summed E-state index contributed by atoms with van der Waals surface area (Å²) in [6.45, 7) is 1.96. The molecule has 3 rings (SSSR count). The fourth-order valence-corrected chi connectivity index (χ4v) is 4.27. The summed E-state index contributed by atoms with van der Waals surface area (Å²) in [6.07, 6.45) is 7.54. The van der Waals surface area contributed by atoms with Crippen LogP contribution < -0.4 is 19.5 Å². The Balaban J connectivity index is 1.50. The van der Waals surface area contributed by atoms with Crippen LogP contribution >= 0.6 is 0 Å². The monoisotopic (exact) mass is 354 g/mol. The van der Waals surface area contributed by atoms with Crippen molar-refractivity contribution in [1.29, 1.82) is 0 Å². The van der Waals surface area contributed by atoms with Gasteiger partial charge in [0.1, 0.15) is 13.2 Å². The maximum Gasteiger partial charge on any atom is 0.240 e. The molecule has 1 aromatic rings. The summed E-state index contributed by atoms with van der Waals surface area (Å²) in [6, 6.07) is 5.24. The topological polar surface area (TPSA) is 76.7 Å². The van der Waals surface area contributed by atoms with Crippen molar-refractivity contribution >= 4 is 10.0 Å². The molecule has 0 spiro atoms. The van der Waals surface area contributed by atoms with E-state index in [-0.39, 0.29) is 4.90 Å². The van der Waals surface area contributed by atoms with Crippen molar-refractivity contribution in [3.05, 3.63) is 18.2 Å². The molecule has 0 amide bonds. The number of benzene rings is 1. The molecule has 0 radical (unpaired) electrons. The van der Waals surface area contributed by atoms with E-state index in [9.17, 15) is 8.42 Å². The average molecular weight is 354 g/mol. The minimum absolute atomic E-state index is 0.209. The SMILES string of the molecule is O=S(=O)(NCCNC1CCCCCC1)c1ccc2c(c1)OCCO2. The van der Waals surface area contributed by atoms with Gasteiger partial charge < -0.3 is 14.8 Å². The van der Waals surface area contributed by atoms with E-state index in [4.69, 9.17) is 9.47 Å². The molecular weight excluding hydrogens is 328 g/mol. The van der Waals surface area contributed by atoms with E-state index in [1.165, 1.54) is 44.6 Å². The van der Waals surface area contributed by atoms with Gasteiger partial charge in [-0.05, 0) is 25.0 Å². The number of hydrogen-bond acceptors (Lipinski definition) is 5. The summed E-state index contributed by atoms with van der Waals surface area (Å²) in [5, 5.41) is 3.46. The molecule has 2 N–H and O–H groups in total. The Hall–Kier alpha value is -1.31. The van der Waals surface area contributed by atoms with Crippen LogP contribution in [-0.2, 0) is 10.0 Å². The van der Waals surface area contributed by atoms with Gasteiger partial charge in [0.25, 0.3) is 0 Å². The molecule has 0 bridgehead atoms. The highest BCUT2D eigenvalue weighted by Gasteiger charge is 2.19. The zero-order valence-electron chi connectivity index (χ0n) is 13.9. The molecule has 6 nitrogen and oxygen atoms in total. The Morgan fingerprint density at radius 1 is 0.958 bits per heavy atom. The van der Waals surface area contributed by atoms with Crippen molar-refractivity contribution in [2.45, 2.75) is 49.5 Å². The Labute approximate surface area is 144 Å². The molecule has 0 saturated heterocycles. The smallest absolute Gasteiger partial charge is 0.240 e. The first-order valence-electron chi connectivity index (χ1n) is 8.78. The Morgan fingerprint density at radius 3 is 2.42 bits per heavy atom. The van der Waals surface area contributed by atoms with E-state index < -0.39 is 10.0 Å². The van der Waals surface area contributed by atoms with Crippen LogP contribution in [0.5, 0.6) is 11.5 Å². The van der Waals surface area contributed by atoms with Crippen LogP contribution in [0.2, 0.25) is 0 Å². The molecule has 0 unspecified atom stereocenters. The molecule has 1 saturated carbocycles. The van der Waals surface area contributed by atoms with Gasteiger partial charge >= 0.3 is 0 Å². The lowest BCUT2D eigenvalue weighted by atomic mass is 10.1. The lowest BCUT2D eigenvalue weighted by Crippen LogP contribution is -2.36. The van der Waals surface area contributed by atoms with Crippen molar-refractivity contribution in [3.8, 4) is 11.5 Å². The Kier molecular flexibility index (Phi) is 5.97. The molecule has 1 fully saturated rings. The van der Waals surface area contributed by atoms with E-state index in [0.717, 1.165) is 0 Å². The van der Waals surface area contributed by atoms with E-state index in [2.05, 4.69) is 10.0 Å². The van der Waals surface area contributed by atoms with Crippen molar-refractivity contribution in [1.82, 2.24) is 10.0 Å². The normalized spacial score (nSPS) is 19.0. The van der Waals surface area contributed by atoms with Crippen molar-refractivity contribution in [2.24, 2.45) is 0 Å². The number of rotatable bonds is 6. The standard InChI is InChI=1S/C17H26N2O4S/c20-24(21,15-7-8-16-17(13-15)23-12-11-22-16)19-10-9-18-14-5-3-1-2-4-6-14/h7-8,13-14,18-19H,1-6,9-12H2. The number of hydrogen-bond donors (Lipinski definition) is 2. The summed E-state index contributed by atoms with van der Waals surface area (Å²) < 4.78 is 38.3. The van der Waals surface area contributed by atoms with Crippen LogP contribution in [-0.4, -0.2) is 40.8 Å². The molecule has 2 aliphatic rings. The summed E-state index contributed by atoms with van der Waals surface area (Å²) in [4.78, 5) is 0.209. The molecule has 1 aromatic carbocycles. The van der Waals surface area contributed by atoms with E-state index >= 15 is 0 Å². The third-order valence-corrected chi connectivity index (χ3v) is 5.99. The lowest BCUT2D eigenvalue weighted by molar-refractivity contribution is 0.171. The third kappa shape index (κ3) is 4.62. The van der Waals surface area contributed by atoms with Gasteiger partial charge in [-0.25, -0.2) is 13.1 Å². The minimum atomic E-state index is -3.53. The average Bonchev–Trinajstić information content (AvgIpc) is 2.87. The number of fused-ring (bicyclic) bond motifs is 1. The van der Waals surface area contributed by atoms with Gasteiger partial charge in [-0.3, -0.25) is 0 Å². The van der Waals surface area contributed by atoms with Crippen LogP contribution in [0.25, 0.3) is 0 Å². The summed E-state index contributed by atoms with van der Waals surface area (Å²) in [5.41, 5.74) is 0. The predicted octanol–water partition coefficient (Wildman–Crippen LogP) is 2.05. The maximum atomic E-state index is 12.4. The van der Waals surface area contributed by atoms with Crippen LogP contribution in [0.15, 0.2) is 23.1 Å². The van der Waals surface area contributed by atoms with Crippen molar-refractivity contribution in [3.63, 3.8) is 0 Å². The van der Waals surface area contributed by atoms with E-state index in [1.807, 2.05) is 0 Å². The highest BCUT2D eigenvalue weighted by Crippen LogP contribution is 2.32. The quantitative estimate of drug-likeness (QED) is 0.604. The molecule has 7 heteroatoms. The predicted molar refractivity (Wildman–Crippen MR) is 92.1 cm³/mol. The second kappa shape index (κ2) is 8.18. The number of sulfonamides is 1. The van der Waals surface area contributed by atoms with Gasteiger partial charge in [0, 0.05) is 25.2 Å². The molecular formula is C17H26N2O4S. The van der Waals surface area contributed by atoms with Gasteiger partial charge in [-0.2, -0.15) is 0 Å². The van der Waals surface area contributed by atoms with E-state index in [1.54, 1.807) is 12.1 Å². The van der Waals surface area contributed by atoms with Crippen LogP contribution in [0.3, 0.4) is 0 Å². The molecule has 24 heavy (non-hydrogen) atoms. The third-order valence-electron chi connectivity index (χ3n) is 4.53. The summed E-state index contributed by atoms with van der Waals surface area (Å²) in [7, 11) is -3.53. The Bertz CT molecular complexity index is 640. The zero-order chi connectivity index (χ0) is 16.8. The highest BCUT2D eigenvalue weighted by atomic mass is 32.2. The van der Waals surface area contributed by atoms with Crippen LogP contribution in [0, 0.1) is 0 Å². The molecule has 1 aliphatic heterocycles. The molecule has 0 aromatic heterocycles. The first-order chi connectivity index (χ1) is 11.6. The summed E-state index contributed by atoms with van der Waals surface area (Å²) >= 11 is 0. The van der Waals surface area contributed by atoms with Crippen LogP contribution in [0.1, 0.15) is 38.5 Å². The van der Waals surface area contributed by atoms with Crippen molar-refractivity contribution < 1.29 is 17.9 Å². The second-order valence-corrected chi connectivity index (χ2v) is 8.11. The van der Waals surface area contributed by atoms with E-state index in [0.29, 0.717) is 43.8 Å². The van der Waals surface area contributed by atoms with Crippen molar-refractivity contribution in [2.75, 3.05) is 26.3 Å².